The summed E-state index contributed by atoms with van der Waals surface area (Å²) in [6.07, 6.45) is 5.84. The second-order valence-electron chi connectivity index (χ2n) is 5.35. The van der Waals surface area contributed by atoms with E-state index < -0.39 is 10.0 Å². The molecule has 0 radical (unpaired) electrons. The van der Waals surface area contributed by atoms with Gasteiger partial charge in [0.2, 0.25) is 5.88 Å². The van der Waals surface area contributed by atoms with Crippen molar-refractivity contribution in [2.45, 2.75) is 10.1 Å². The number of aromatic nitrogens is 2. The summed E-state index contributed by atoms with van der Waals surface area (Å²) in [5.74, 6) is 0.107. The van der Waals surface area contributed by atoms with Gasteiger partial charge in [0.15, 0.2) is 5.16 Å². The Bertz CT molecular complexity index is 754. The Hall–Kier alpha value is -2.40. The predicted octanol–water partition coefficient (Wildman–Crippen LogP) is 3.95. The van der Waals surface area contributed by atoms with Crippen LogP contribution in [0, 0.1) is 0 Å². The highest BCUT2D eigenvalue weighted by Crippen LogP contribution is 2.56. The summed E-state index contributed by atoms with van der Waals surface area (Å²) in [7, 11) is -1.34. The number of hydrogen-bond donors (Lipinski definition) is 2. The van der Waals surface area contributed by atoms with Crippen LogP contribution >= 0.6 is 10.0 Å². The highest BCUT2D eigenvalue weighted by Gasteiger charge is 2.25. The third-order valence-electron chi connectivity index (χ3n) is 3.51. The number of anilines is 1. The van der Waals surface area contributed by atoms with Gasteiger partial charge in [0, 0.05) is 0 Å². The van der Waals surface area contributed by atoms with Crippen molar-refractivity contribution in [2.75, 3.05) is 17.9 Å². The van der Waals surface area contributed by atoms with Gasteiger partial charge >= 0.3 is 0 Å². The average Bonchev–Trinajstić information content (AvgIpc) is 2.91. The van der Waals surface area contributed by atoms with E-state index in [2.05, 4.69) is 35.1 Å². The molecule has 5 heteroatoms. The van der Waals surface area contributed by atoms with E-state index in [1.54, 1.807) is 4.68 Å². The predicted molar refractivity (Wildman–Crippen MR) is 91.8 cm³/mol. The third-order valence-corrected chi connectivity index (χ3v) is 6.17. The molecule has 1 heterocycles. The fourth-order valence-electron chi connectivity index (χ4n) is 2.30. The fourth-order valence-corrected chi connectivity index (χ4v) is 4.26. The summed E-state index contributed by atoms with van der Waals surface area (Å²) in [6, 6.07) is 20.0. The number of nitrogens with one attached hydrogen (secondary N) is 1. The molecule has 4 nitrogen and oxygen atoms in total. The Balaban J connectivity index is 2.02. The standard InChI is InChI=1S/C17H19N3OS/c1-22(2,15-11-7-4-8-12-15)17-18-13-16(21)20(17)19-14-9-5-3-6-10-14/h3-13,19,21H,1-2H3. The number of imidazole rings is 1. The Morgan fingerprint density at radius 1 is 0.955 bits per heavy atom. The molecule has 0 aliphatic rings. The van der Waals surface area contributed by atoms with Crippen LogP contribution in [0.1, 0.15) is 0 Å². The molecule has 0 amide bonds. The van der Waals surface area contributed by atoms with E-state index in [0.29, 0.717) is 0 Å². The van der Waals surface area contributed by atoms with Crippen LogP contribution in [0.3, 0.4) is 0 Å². The van der Waals surface area contributed by atoms with E-state index in [1.165, 1.54) is 11.1 Å². The maximum atomic E-state index is 10.2. The molecular weight excluding hydrogens is 294 g/mol. The minimum Gasteiger partial charge on any atom is -0.492 e. The number of rotatable bonds is 4. The summed E-state index contributed by atoms with van der Waals surface area (Å²) >= 11 is 0. The van der Waals surface area contributed by atoms with Crippen LogP contribution in [-0.4, -0.2) is 27.3 Å². The smallest absolute Gasteiger partial charge is 0.231 e. The van der Waals surface area contributed by atoms with Crippen LogP contribution < -0.4 is 5.43 Å². The van der Waals surface area contributed by atoms with E-state index in [-0.39, 0.29) is 5.88 Å². The van der Waals surface area contributed by atoms with Crippen molar-refractivity contribution in [3.63, 3.8) is 0 Å². The molecule has 3 aromatic rings. The van der Waals surface area contributed by atoms with Crippen molar-refractivity contribution in [1.29, 1.82) is 0 Å². The summed E-state index contributed by atoms with van der Waals surface area (Å²) in [5, 5.41) is 11.0. The van der Waals surface area contributed by atoms with E-state index in [4.69, 9.17) is 0 Å². The summed E-state index contributed by atoms with van der Waals surface area (Å²) in [4.78, 5) is 5.67. The molecule has 0 aliphatic heterocycles. The number of nitrogens with zero attached hydrogens (tertiary/aromatic N) is 2. The van der Waals surface area contributed by atoms with E-state index in [0.717, 1.165) is 10.8 Å². The zero-order chi connectivity index (χ0) is 15.6. The van der Waals surface area contributed by atoms with Gasteiger partial charge in [-0.05, 0) is 41.7 Å². The van der Waals surface area contributed by atoms with Gasteiger partial charge in [-0.2, -0.15) is 14.7 Å². The van der Waals surface area contributed by atoms with Crippen molar-refractivity contribution in [2.24, 2.45) is 0 Å². The first-order valence-corrected chi connectivity index (χ1v) is 9.41. The molecular formula is C17H19N3OS. The largest absolute Gasteiger partial charge is 0.492 e. The van der Waals surface area contributed by atoms with Gasteiger partial charge in [0.05, 0.1) is 11.9 Å². The van der Waals surface area contributed by atoms with Crippen LogP contribution in [0.2, 0.25) is 0 Å². The molecule has 0 aliphatic carbocycles. The number of para-hydroxylation sites is 1. The minimum atomic E-state index is -1.34. The van der Waals surface area contributed by atoms with Crippen molar-refractivity contribution in [1.82, 2.24) is 9.66 Å². The molecule has 3 rings (SSSR count). The zero-order valence-electron chi connectivity index (χ0n) is 12.6. The molecule has 2 aromatic carbocycles. The fraction of sp³-hybridized carbons (Fsp3) is 0.118. The van der Waals surface area contributed by atoms with Gasteiger partial charge in [-0.1, -0.05) is 36.4 Å². The highest BCUT2D eigenvalue weighted by atomic mass is 32.3. The normalized spacial score (nSPS) is 12.1. The van der Waals surface area contributed by atoms with Gasteiger partial charge in [0.1, 0.15) is 0 Å². The molecule has 0 fully saturated rings. The topological polar surface area (TPSA) is 50.1 Å². The monoisotopic (exact) mass is 313 g/mol. The van der Waals surface area contributed by atoms with Crippen molar-refractivity contribution in [3.8, 4) is 5.88 Å². The summed E-state index contributed by atoms with van der Waals surface area (Å²) < 4.78 is 1.66. The molecule has 0 bridgehead atoms. The van der Waals surface area contributed by atoms with Crippen molar-refractivity contribution in [3.05, 3.63) is 66.9 Å². The van der Waals surface area contributed by atoms with E-state index >= 15 is 0 Å². The zero-order valence-corrected chi connectivity index (χ0v) is 13.4. The van der Waals surface area contributed by atoms with Crippen molar-refractivity contribution >= 4 is 15.7 Å². The lowest BCUT2D eigenvalue weighted by atomic mass is 10.3. The van der Waals surface area contributed by atoms with Crippen LogP contribution in [0.5, 0.6) is 5.88 Å². The first kappa shape index (κ1) is 14.5. The second kappa shape index (κ2) is 5.77. The van der Waals surface area contributed by atoms with Crippen molar-refractivity contribution < 1.29 is 5.11 Å². The average molecular weight is 313 g/mol. The highest BCUT2D eigenvalue weighted by molar-refractivity contribution is 8.32. The Morgan fingerprint density at radius 3 is 2.18 bits per heavy atom. The maximum absolute atomic E-state index is 10.2. The van der Waals surface area contributed by atoms with Crippen LogP contribution in [-0.2, 0) is 0 Å². The molecule has 0 saturated carbocycles. The Morgan fingerprint density at radius 2 is 1.55 bits per heavy atom. The van der Waals surface area contributed by atoms with E-state index in [1.807, 2.05) is 48.5 Å². The molecule has 114 valence electrons. The lowest BCUT2D eigenvalue weighted by Crippen LogP contribution is -2.14. The minimum absolute atomic E-state index is 0.107. The lowest BCUT2D eigenvalue weighted by Gasteiger charge is -2.31. The molecule has 22 heavy (non-hydrogen) atoms. The van der Waals surface area contributed by atoms with Gasteiger partial charge in [-0.15, -0.1) is 0 Å². The number of benzene rings is 2. The second-order valence-corrected chi connectivity index (χ2v) is 8.84. The molecule has 0 saturated heterocycles. The third kappa shape index (κ3) is 2.67. The Kier molecular flexibility index (Phi) is 3.81. The van der Waals surface area contributed by atoms with E-state index in [9.17, 15) is 5.11 Å². The van der Waals surface area contributed by atoms with Gasteiger partial charge in [-0.3, -0.25) is 5.43 Å². The molecule has 1 aromatic heterocycles. The lowest BCUT2D eigenvalue weighted by molar-refractivity contribution is 0.429. The molecule has 0 spiro atoms. The molecule has 2 N–H and O–H groups in total. The van der Waals surface area contributed by atoms with Crippen LogP contribution in [0.25, 0.3) is 0 Å². The van der Waals surface area contributed by atoms with Gasteiger partial charge < -0.3 is 5.11 Å². The quantitative estimate of drug-likeness (QED) is 0.767. The maximum Gasteiger partial charge on any atom is 0.231 e. The summed E-state index contributed by atoms with van der Waals surface area (Å²) in [6.45, 7) is 0. The van der Waals surface area contributed by atoms with Gasteiger partial charge in [0.25, 0.3) is 0 Å². The first-order chi connectivity index (χ1) is 10.6. The van der Waals surface area contributed by atoms with Crippen LogP contribution in [0.15, 0.2) is 76.9 Å². The van der Waals surface area contributed by atoms with Crippen LogP contribution in [0.4, 0.5) is 5.69 Å². The number of hydrogen-bond acceptors (Lipinski definition) is 3. The first-order valence-electron chi connectivity index (χ1n) is 6.96. The number of aromatic hydroxyl groups is 1. The molecule has 0 atom stereocenters. The molecule has 0 unspecified atom stereocenters. The SMILES string of the molecule is CS(C)(c1ccccc1)c1ncc(O)n1Nc1ccccc1. The Labute approximate surface area is 131 Å². The van der Waals surface area contributed by atoms with Gasteiger partial charge in [-0.25, -0.2) is 4.98 Å². The summed E-state index contributed by atoms with van der Waals surface area (Å²) in [5.41, 5.74) is 4.12.